The number of aromatic nitrogens is 2. The fourth-order valence-electron chi connectivity index (χ4n) is 3.37. The minimum Gasteiger partial charge on any atom is -0.487 e. The molecule has 0 bridgehead atoms. The highest BCUT2D eigenvalue weighted by molar-refractivity contribution is 5.82. The van der Waals surface area contributed by atoms with E-state index in [-0.39, 0.29) is 24.7 Å². The molecular weight excluding hydrogens is 436 g/mol. The van der Waals surface area contributed by atoms with E-state index in [1.54, 1.807) is 29.3 Å². The van der Waals surface area contributed by atoms with Gasteiger partial charge in [0.1, 0.15) is 17.5 Å². The van der Waals surface area contributed by atoms with E-state index in [1.165, 1.54) is 17.9 Å². The Bertz CT molecular complexity index is 1170. The number of fused-ring (bicyclic) bond motifs is 1. The minimum atomic E-state index is -1.09. The molecule has 33 heavy (non-hydrogen) atoms. The summed E-state index contributed by atoms with van der Waals surface area (Å²) in [7, 11) is 1.39. The molecule has 2 aromatic carbocycles. The average molecular weight is 461 g/mol. The number of nitrogens with zero attached hydrogens (tertiary/aromatic N) is 3. The zero-order chi connectivity index (χ0) is 23.8. The molecule has 1 aromatic heterocycles. The number of benzene rings is 2. The van der Waals surface area contributed by atoms with Gasteiger partial charge in [-0.15, -0.1) is 0 Å². The van der Waals surface area contributed by atoms with Crippen LogP contribution in [-0.2, 0) is 9.47 Å². The van der Waals surface area contributed by atoms with Crippen LogP contribution in [0.25, 0.3) is 16.6 Å². The largest absolute Gasteiger partial charge is 0.487 e. The highest BCUT2D eigenvalue weighted by Crippen LogP contribution is 2.29. The molecule has 8 nitrogen and oxygen atoms in total. The van der Waals surface area contributed by atoms with Gasteiger partial charge in [-0.25, -0.2) is 13.9 Å². The van der Waals surface area contributed by atoms with Crippen molar-refractivity contribution in [1.29, 1.82) is 0 Å². The van der Waals surface area contributed by atoms with E-state index in [1.807, 2.05) is 20.8 Å². The Morgan fingerprint density at radius 2 is 1.94 bits per heavy atom. The monoisotopic (exact) mass is 461 g/mol. The van der Waals surface area contributed by atoms with Gasteiger partial charge >= 0.3 is 6.09 Å². The Morgan fingerprint density at radius 3 is 2.64 bits per heavy atom. The van der Waals surface area contributed by atoms with E-state index in [2.05, 4.69) is 5.10 Å². The Kier molecular flexibility index (Phi) is 6.11. The molecule has 1 amide bonds. The molecule has 0 atom stereocenters. The van der Waals surface area contributed by atoms with Crippen molar-refractivity contribution in [3.8, 4) is 17.2 Å². The van der Waals surface area contributed by atoms with Crippen LogP contribution < -0.4 is 9.47 Å². The van der Waals surface area contributed by atoms with E-state index < -0.39 is 17.2 Å². The number of likely N-dealkylation sites (tertiary alicyclic amines) is 1. The molecule has 1 fully saturated rings. The summed E-state index contributed by atoms with van der Waals surface area (Å²) >= 11 is 0. The van der Waals surface area contributed by atoms with Crippen molar-refractivity contribution in [2.45, 2.75) is 32.5 Å². The van der Waals surface area contributed by atoms with Crippen LogP contribution in [0, 0.1) is 11.6 Å². The summed E-state index contributed by atoms with van der Waals surface area (Å²) in [5, 5.41) is 5.05. The van der Waals surface area contributed by atoms with Crippen molar-refractivity contribution in [3.63, 3.8) is 0 Å². The molecule has 1 aliphatic heterocycles. The molecule has 1 aliphatic rings. The van der Waals surface area contributed by atoms with E-state index in [9.17, 15) is 13.6 Å². The van der Waals surface area contributed by atoms with Gasteiger partial charge in [0, 0.05) is 24.6 Å². The van der Waals surface area contributed by atoms with Gasteiger partial charge in [0.15, 0.2) is 18.4 Å². The maximum absolute atomic E-state index is 14.1. The van der Waals surface area contributed by atoms with Crippen LogP contribution >= 0.6 is 0 Å². The second-order valence-electron chi connectivity index (χ2n) is 8.69. The van der Waals surface area contributed by atoms with Crippen LogP contribution in [0.5, 0.6) is 11.5 Å². The summed E-state index contributed by atoms with van der Waals surface area (Å²) in [5.41, 5.74) is 0.434. The quantitative estimate of drug-likeness (QED) is 0.510. The van der Waals surface area contributed by atoms with Gasteiger partial charge in [-0.05, 0) is 39.0 Å². The number of methoxy groups -OCH3 is 1. The summed E-state index contributed by atoms with van der Waals surface area (Å²) in [6.45, 7) is 6.12. The molecule has 0 saturated carbocycles. The molecule has 0 radical (unpaired) electrons. The molecule has 3 aromatic rings. The summed E-state index contributed by atoms with van der Waals surface area (Å²) in [4.78, 5) is 13.6. The van der Waals surface area contributed by atoms with Crippen molar-refractivity contribution in [3.05, 3.63) is 48.2 Å². The predicted octanol–water partition coefficient (Wildman–Crippen LogP) is 4.28. The third-order valence-electron chi connectivity index (χ3n) is 4.90. The highest BCUT2D eigenvalue weighted by Gasteiger charge is 2.35. The smallest absolute Gasteiger partial charge is 0.410 e. The number of ether oxygens (including phenoxy) is 4. The van der Waals surface area contributed by atoms with Crippen molar-refractivity contribution in [1.82, 2.24) is 14.7 Å². The second kappa shape index (κ2) is 8.86. The van der Waals surface area contributed by atoms with Crippen molar-refractivity contribution in [2.24, 2.45) is 0 Å². The van der Waals surface area contributed by atoms with Crippen LogP contribution in [0.2, 0.25) is 0 Å². The Hall–Kier alpha value is -3.40. The van der Waals surface area contributed by atoms with Gasteiger partial charge < -0.3 is 23.8 Å². The number of hydrogen-bond donors (Lipinski definition) is 0. The lowest BCUT2D eigenvalue weighted by Crippen LogP contribution is -2.57. The molecule has 10 heteroatoms. The van der Waals surface area contributed by atoms with Gasteiger partial charge in [-0.2, -0.15) is 9.49 Å². The van der Waals surface area contributed by atoms with Crippen LogP contribution in [-0.4, -0.2) is 59.5 Å². The van der Waals surface area contributed by atoms with E-state index in [0.717, 1.165) is 11.5 Å². The molecule has 4 rings (SSSR count). The Balaban J connectivity index is 1.47. The first-order valence-electron chi connectivity index (χ1n) is 10.4. The first-order valence-corrected chi connectivity index (χ1v) is 10.4. The van der Waals surface area contributed by atoms with Crippen molar-refractivity contribution < 1.29 is 32.5 Å². The third kappa shape index (κ3) is 5.00. The van der Waals surface area contributed by atoms with Crippen molar-refractivity contribution in [2.75, 3.05) is 27.0 Å². The Morgan fingerprint density at radius 1 is 1.18 bits per heavy atom. The maximum atomic E-state index is 14.1. The highest BCUT2D eigenvalue weighted by atomic mass is 19.2. The van der Waals surface area contributed by atoms with Gasteiger partial charge in [-0.1, -0.05) is 0 Å². The normalized spacial score (nSPS) is 14.3. The first-order chi connectivity index (χ1) is 15.6. The molecule has 176 valence electrons. The van der Waals surface area contributed by atoms with Crippen molar-refractivity contribution >= 4 is 17.0 Å². The van der Waals surface area contributed by atoms with E-state index >= 15 is 0 Å². The fraction of sp³-hybridized carbons (Fsp3) is 0.391. The van der Waals surface area contributed by atoms with Crippen LogP contribution in [0.15, 0.2) is 36.5 Å². The summed E-state index contributed by atoms with van der Waals surface area (Å²) in [5.74, 6) is -1.80. The van der Waals surface area contributed by atoms with Crippen LogP contribution in [0.4, 0.5) is 13.6 Å². The number of rotatable bonds is 6. The van der Waals surface area contributed by atoms with Gasteiger partial charge in [-0.3, -0.25) is 0 Å². The van der Waals surface area contributed by atoms with Gasteiger partial charge in [0.25, 0.3) is 0 Å². The first kappa shape index (κ1) is 22.8. The number of carbonyl (C=O) groups is 1. The van der Waals surface area contributed by atoms with Crippen LogP contribution in [0.3, 0.4) is 0 Å². The summed E-state index contributed by atoms with van der Waals surface area (Å²) in [6, 6.07) is 7.74. The molecule has 0 spiro atoms. The fourth-order valence-corrected chi connectivity index (χ4v) is 3.37. The molecule has 2 heterocycles. The predicted molar refractivity (Wildman–Crippen MR) is 116 cm³/mol. The lowest BCUT2D eigenvalue weighted by atomic mass is 10.1. The number of halogens is 2. The Labute approximate surface area is 189 Å². The van der Waals surface area contributed by atoms with Gasteiger partial charge in [0.2, 0.25) is 5.82 Å². The topological polar surface area (TPSA) is 75.1 Å². The molecule has 0 N–H and O–H groups in total. The average Bonchev–Trinajstić information content (AvgIpc) is 3.13. The zero-order valence-corrected chi connectivity index (χ0v) is 18.8. The standard InChI is InChI=1S/C23H25F2N3O5/c1-23(2,3)33-22(29)27-11-17(12-27)32-16-5-6-19-14(7-16)10-26-28(19)15-8-18(24)21(25)20(9-15)31-13-30-4/h5-10,17H,11-13H2,1-4H3. The van der Waals surface area contributed by atoms with E-state index in [0.29, 0.717) is 30.0 Å². The summed E-state index contributed by atoms with van der Waals surface area (Å²) < 4.78 is 50.8. The number of amides is 1. The number of carbonyl (C=O) groups excluding carboxylic acids is 1. The third-order valence-corrected chi connectivity index (χ3v) is 4.90. The summed E-state index contributed by atoms with van der Waals surface area (Å²) in [6.07, 6.45) is 1.10. The zero-order valence-electron chi connectivity index (χ0n) is 18.8. The maximum Gasteiger partial charge on any atom is 0.410 e. The lowest BCUT2D eigenvalue weighted by molar-refractivity contribution is -0.0221. The van der Waals surface area contributed by atoms with Gasteiger partial charge in [0.05, 0.1) is 30.5 Å². The SMILES string of the molecule is COCOc1cc(-n2ncc3cc(OC4CN(C(=O)OC(C)(C)C)C4)ccc32)cc(F)c1F. The molecule has 0 unspecified atom stereocenters. The second-order valence-corrected chi connectivity index (χ2v) is 8.69. The van der Waals surface area contributed by atoms with E-state index in [4.69, 9.17) is 18.9 Å². The molecule has 0 aliphatic carbocycles. The number of hydrogen-bond acceptors (Lipinski definition) is 6. The molecular formula is C23H25F2N3O5. The lowest BCUT2D eigenvalue weighted by Gasteiger charge is -2.39. The van der Waals surface area contributed by atoms with Crippen LogP contribution in [0.1, 0.15) is 20.8 Å². The minimum absolute atomic E-state index is 0.142. The molecule has 1 saturated heterocycles.